The number of morpholine rings is 1. The Hall–Kier alpha value is -3.92. The summed E-state index contributed by atoms with van der Waals surface area (Å²) in [7, 11) is 1.70. The van der Waals surface area contributed by atoms with Crippen molar-refractivity contribution in [3.8, 4) is 5.75 Å². The summed E-state index contributed by atoms with van der Waals surface area (Å²) in [6.45, 7) is 2.10. The SMILES string of the molecule is CN1C(=O)[C@@H](NC(=O)c2ncn(Cc3ccccc3)n2)COc2ccc(N3C[C@@H]4C[C@H]3CO4)cc21. The van der Waals surface area contributed by atoms with Gasteiger partial charge < -0.3 is 24.6 Å². The van der Waals surface area contributed by atoms with Gasteiger partial charge in [0, 0.05) is 19.3 Å². The van der Waals surface area contributed by atoms with Crippen LogP contribution in [0.15, 0.2) is 54.9 Å². The molecule has 6 rings (SSSR count). The quantitative estimate of drug-likeness (QED) is 0.597. The van der Waals surface area contributed by atoms with Crippen LogP contribution in [-0.2, 0) is 16.1 Å². The summed E-state index contributed by atoms with van der Waals surface area (Å²) in [4.78, 5) is 34.0. The van der Waals surface area contributed by atoms with Crippen LogP contribution >= 0.6 is 0 Å². The lowest BCUT2D eigenvalue weighted by atomic mass is 10.2. The van der Waals surface area contributed by atoms with Crippen molar-refractivity contribution >= 4 is 23.2 Å². The van der Waals surface area contributed by atoms with Gasteiger partial charge in [0.15, 0.2) is 0 Å². The second-order valence-corrected chi connectivity index (χ2v) is 9.13. The number of anilines is 2. The number of rotatable bonds is 5. The highest BCUT2D eigenvalue weighted by molar-refractivity contribution is 6.02. The van der Waals surface area contributed by atoms with Crippen molar-refractivity contribution in [2.75, 3.05) is 36.6 Å². The van der Waals surface area contributed by atoms with Crippen molar-refractivity contribution in [2.45, 2.75) is 31.2 Å². The zero-order valence-corrected chi connectivity index (χ0v) is 19.3. The van der Waals surface area contributed by atoms with E-state index in [1.807, 2.05) is 48.5 Å². The largest absolute Gasteiger partial charge is 0.489 e. The summed E-state index contributed by atoms with van der Waals surface area (Å²) in [5.74, 6) is -0.171. The lowest BCUT2D eigenvalue weighted by molar-refractivity contribution is -0.120. The van der Waals surface area contributed by atoms with Crippen molar-refractivity contribution in [3.05, 3.63) is 66.2 Å². The van der Waals surface area contributed by atoms with Gasteiger partial charge in [0.1, 0.15) is 24.7 Å². The number of carbonyl (C=O) groups is 2. The lowest BCUT2D eigenvalue weighted by Crippen LogP contribution is -2.49. The average Bonchev–Trinajstić information content (AvgIpc) is 3.62. The number of amides is 2. The minimum absolute atomic E-state index is 0.00624. The summed E-state index contributed by atoms with van der Waals surface area (Å²) >= 11 is 0. The Morgan fingerprint density at radius 1 is 1.17 bits per heavy atom. The van der Waals surface area contributed by atoms with Crippen molar-refractivity contribution in [1.29, 1.82) is 0 Å². The standard InChI is InChI=1S/C25H26N6O4/c1-29-21-10-17(31-12-19-9-18(31)13-34-19)7-8-22(21)35-14-20(25(29)33)27-24(32)23-26-15-30(28-23)11-16-5-3-2-4-6-16/h2-8,10,15,18-20H,9,11-14H2,1H3,(H,27,32)/t18-,19-,20-/m0/s1. The molecule has 3 aliphatic rings. The summed E-state index contributed by atoms with van der Waals surface area (Å²) in [6, 6.07) is 15.2. The second kappa shape index (κ2) is 8.70. The number of nitrogens with zero attached hydrogens (tertiary/aromatic N) is 5. The summed E-state index contributed by atoms with van der Waals surface area (Å²) < 4.78 is 13.2. The fraction of sp³-hybridized carbons (Fsp3) is 0.360. The van der Waals surface area contributed by atoms with Crippen molar-refractivity contribution < 1.29 is 19.1 Å². The highest BCUT2D eigenvalue weighted by atomic mass is 16.5. The molecule has 0 radical (unpaired) electrons. The zero-order chi connectivity index (χ0) is 23.9. The average molecular weight is 475 g/mol. The molecular weight excluding hydrogens is 448 g/mol. The molecule has 2 amide bonds. The molecule has 1 aromatic heterocycles. The Labute approximate surface area is 202 Å². The van der Waals surface area contributed by atoms with Gasteiger partial charge in [-0.05, 0) is 30.2 Å². The topological polar surface area (TPSA) is 102 Å². The maximum atomic E-state index is 13.2. The number of fused-ring (bicyclic) bond motifs is 3. The molecule has 0 spiro atoms. The first-order valence-electron chi connectivity index (χ1n) is 11.7. The first-order valence-corrected chi connectivity index (χ1v) is 11.7. The molecule has 0 unspecified atom stereocenters. The minimum Gasteiger partial charge on any atom is -0.489 e. The third-order valence-electron chi connectivity index (χ3n) is 6.80. The number of hydrogen-bond donors (Lipinski definition) is 1. The van der Waals surface area contributed by atoms with E-state index in [1.165, 1.54) is 6.33 Å². The Morgan fingerprint density at radius 3 is 2.80 bits per heavy atom. The van der Waals surface area contributed by atoms with Crippen LogP contribution in [0.3, 0.4) is 0 Å². The van der Waals surface area contributed by atoms with Gasteiger partial charge in [-0.3, -0.25) is 9.59 Å². The summed E-state index contributed by atoms with van der Waals surface area (Å²) in [5.41, 5.74) is 2.77. The number of carbonyl (C=O) groups excluding carboxylic acids is 2. The van der Waals surface area contributed by atoms with Crippen LogP contribution < -0.4 is 19.9 Å². The first kappa shape index (κ1) is 21.6. The third kappa shape index (κ3) is 4.10. The van der Waals surface area contributed by atoms with Crippen LogP contribution in [-0.4, -0.2) is 71.6 Å². The zero-order valence-electron chi connectivity index (χ0n) is 19.3. The summed E-state index contributed by atoms with van der Waals surface area (Å²) in [6.07, 6.45) is 2.82. The van der Waals surface area contributed by atoms with E-state index in [-0.39, 0.29) is 24.4 Å². The maximum Gasteiger partial charge on any atom is 0.291 e. The van der Waals surface area contributed by atoms with E-state index in [2.05, 4.69) is 20.3 Å². The predicted octanol–water partition coefficient (Wildman–Crippen LogP) is 1.46. The second-order valence-electron chi connectivity index (χ2n) is 9.13. The van der Waals surface area contributed by atoms with E-state index in [0.717, 1.165) is 30.8 Å². The highest BCUT2D eigenvalue weighted by Crippen LogP contribution is 2.38. The van der Waals surface area contributed by atoms with Gasteiger partial charge in [0.25, 0.3) is 11.8 Å². The van der Waals surface area contributed by atoms with E-state index in [1.54, 1.807) is 16.6 Å². The molecule has 0 saturated carbocycles. The van der Waals surface area contributed by atoms with E-state index >= 15 is 0 Å². The molecule has 1 N–H and O–H groups in total. The molecular formula is C25H26N6O4. The Bertz CT molecular complexity index is 1260. The highest BCUT2D eigenvalue weighted by Gasteiger charge is 2.39. The summed E-state index contributed by atoms with van der Waals surface area (Å²) in [5, 5.41) is 7.00. The third-order valence-corrected chi connectivity index (χ3v) is 6.80. The van der Waals surface area contributed by atoms with E-state index < -0.39 is 11.9 Å². The molecule has 35 heavy (non-hydrogen) atoms. The fourth-order valence-corrected chi connectivity index (χ4v) is 4.95. The van der Waals surface area contributed by atoms with Gasteiger partial charge in [0.2, 0.25) is 5.82 Å². The fourth-order valence-electron chi connectivity index (χ4n) is 4.95. The number of hydrogen-bond acceptors (Lipinski definition) is 7. The number of likely N-dealkylation sites (N-methyl/N-ethyl adjacent to an activating group) is 1. The number of ether oxygens (including phenoxy) is 2. The number of benzene rings is 2. The van der Waals surface area contributed by atoms with Crippen LogP contribution in [0.1, 0.15) is 22.6 Å². The molecule has 3 atom stereocenters. The van der Waals surface area contributed by atoms with Gasteiger partial charge in [-0.1, -0.05) is 30.3 Å². The van der Waals surface area contributed by atoms with E-state index in [0.29, 0.717) is 24.0 Å². The molecule has 180 valence electrons. The lowest BCUT2D eigenvalue weighted by Gasteiger charge is -2.30. The molecule has 2 bridgehead atoms. The number of nitrogens with one attached hydrogen (secondary N) is 1. The van der Waals surface area contributed by atoms with Crippen LogP contribution in [0.4, 0.5) is 11.4 Å². The van der Waals surface area contributed by atoms with Gasteiger partial charge in [-0.15, -0.1) is 5.10 Å². The molecule has 3 aliphatic heterocycles. The van der Waals surface area contributed by atoms with Crippen molar-refractivity contribution in [3.63, 3.8) is 0 Å². The van der Waals surface area contributed by atoms with Crippen molar-refractivity contribution in [2.24, 2.45) is 0 Å². The monoisotopic (exact) mass is 474 g/mol. The molecule has 2 aromatic carbocycles. The van der Waals surface area contributed by atoms with E-state index in [9.17, 15) is 9.59 Å². The maximum absolute atomic E-state index is 13.2. The van der Waals surface area contributed by atoms with Gasteiger partial charge >= 0.3 is 0 Å². The molecule has 2 fully saturated rings. The smallest absolute Gasteiger partial charge is 0.291 e. The first-order chi connectivity index (χ1) is 17.0. The van der Waals surface area contributed by atoms with Crippen LogP contribution in [0.2, 0.25) is 0 Å². The Balaban J connectivity index is 1.15. The molecule has 2 saturated heterocycles. The van der Waals surface area contributed by atoms with Crippen molar-refractivity contribution in [1.82, 2.24) is 20.1 Å². The van der Waals surface area contributed by atoms with Crippen LogP contribution in [0, 0.1) is 0 Å². The predicted molar refractivity (Wildman–Crippen MR) is 128 cm³/mol. The molecule has 10 heteroatoms. The molecule has 0 aliphatic carbocycles. The normalized spacial score (nSPS) is 23.1. The molecule has 3 aromatic rings. The Morgan fingerprint density at radius 2 is 2.03 bits per heavy atom. The number of aromatic nitrogens is 3. The van der Waals surface area contributed by atoms with Gasteiger partial charge in [0.05, 0.1) is 31.0 Å². The van der Waals surface area contributed by atoms with E-state index in [4.69, 9.17) is 9.47 Å². The van der Waals surface area contributed by atoms with Gasteiger partial charge in [-0.2, -0.15) is 0 Å². The van der Waals surface area contributed by atoms with Crippen LogP contribution in [0.5, 0.6) is 5.75 Å². The van der Waals surface area contributed by atoms with Crippen LogP contribution in [0.25, 0.3) is 0 Å². The minimum atomic E-state index is -0.861. The molecule has 4 heterocycles. The molecule has 10 nitrogen and oxygen atoms in total. The van der Waals surface area contributed by atoms with Gasteiger partial charge in [-0.25, -0.2) is 9.67 Å². The Kier molecular flexibility index (Phi) is 5.37.